The molecule has 1 unspecified atom stereocenters. The number of para-hydroxylation sites is 2. The van der Waals surface area contributed by atoms with Gasteiger partial charge >= 0.3 is 0 Å². The molecule has 3 aromatic rings. The van der Waals surface area contributed by atoms with Crippen LogP contribution in [0.4, 0.5) is 0 Å². The van der Waals surface area contributed by atoms with Crippen LogP contribution in [0.15, 0.2) is 48.5 Å². The number of nitrogens with zero attached hydrogens (tertiary/aromatic N) is 2. The van der Waals surface area contributed by atoms with Crippen LogP contribution in [-0.2, 0) is 11.2 Å². The van der Waals surface area contributed by atoms with Crippen LogP contribution in [-0.4, -0.2) is 22.4 Å². The number of carbonyl (C=O) groups is 1. The van der Waals surface area contributed by atoms with Gasteiger partial charge in [-0.2, -0.15) is 0 Å². The van der Waals surface area contributed by atoms with Gasteiger partial charge in [0.2, 0.25) is 0 Å². The van der Waals surface area contributed by atoms with Crippen molar-refractivity contribution in [2.45, 2.75) is 26.3 Å². The number of hydrogen-bond donors (Lipinski definition) is 0. The number of carbonyl (C=O) groups excluding carboxylic acids is 1. The van der Waals surface area contributed by atoms with Crippen molar-refractivity contribution in [3.05, 3.63) is 59.9 Å². The topological polar surface area (TPSA) is 44.1 Å². The molecule has 2 aromatic carbocycles. The van der Waals surface area contributed by atoms with Gasteiger partial charge in [-0.3, -0.25) is 4.79 Å². The van der Waals surface area contributed by atoms with Gasteiger partial charge in [0.15, 0.2) is 5.78 Å². The maximum Gasteiger partial charge on any atom is 0.152 e. The third kappa shape index (κ3) is 2.97. The Labute approximate surface area is 135 Å². The van der Waals surface area contributed by atoms with Gasteiger partial charge in [0.1, 0.15) is 11.6 Å². The summed E-state index contributed by atoms with van der Waals surface area (Å²) in [5.41, 5.74) is 3.06. The molecule has 0 saturated carbocycles. The number of rotatable bonds is 5. The highest BCUT2D eigenvalue weighted by Gasteiger charge is 2.18. The van der Waals surface area contributed by atoms with E-state index in [0.29, 0.717) is 6.42 Å². The molecule has 0 aliphatic rings. The Hall–Kier alpha value is -2.62. The Morgan fingerprint density at radius 3 is 2.52 bits per heavy atom. The Kier molecular flexibility index (Phi) is 4.15. The smallest absolute Gasteiger partial charge is 0.152 e. The normalized spacial score (nSPS) is 12.3. The number of Topliss-reactive ketones (excluding diaryl/α,β-unsaturated/α-hetero) is 1. The first-order chi connectivity index (χ1) is 11.1. The summed E-state index contributed by atoms with van der Waals surface area (Å²) in [5.74, 6) is 1.86. The number of methoxy groups -OCH3 is 1. The Bertz CT molecular complexity index is 834. The summed E-state index contributed by atoms with van der Waals surface area (Å²) < 4.78 is 7.24. The molecule has 4 nitrogen and oxygen atoms in total. The summed E-state index contributed by atoms with van der Waals surface area (Å²) in [6.45, 7) is 3.55. The van der Waals surface area contributed by atoms with E-state index in [1.807, 2.05) is 60.0 Å². The highest BCUT2D eigenvalue weighted by atomic mass is 16.5. The summed E-state index contributed by atoms with van der Waals surface area (Å²) in [5, 5.41) is 0. The van der Waals surface area contributed by atoms with E-state index in [-0.39, 0.29) is 11.8 Å². The van der Waals surface area contributed by atoms with Crippen LogP contribution in [0.3, 0.4) is 0 Å². The lowest BCUT2D eigenvalue weighted by molar-refractivity contribution is -0.119. The molecular formula is C19H20N2O2. The van der Waals surface area contributed by atoms with Crippen molar-refractivity contribution in [1.82, 2.24) is 9.55 Å². The highest BCUT2D eigenvalue weighted by molar-refractivity contribution is 5.83. The minimum absolute atomic E-state index is 0.129. The molecule has 4 heteroatoms. The minimum Gasteiger partial charge on any atom is -0.497 e. The van der Waals surface area contributed by atoms with Crippen molar-refractivity contribution in [2.75, 3.05) is 7.11 Å². The molecule has 0 bridgehead atoms. The van der Waals surface area contributed by atoms with Crippen molar-refractivity contribution in [3.63, 3.8) is 0 Å². The van der Waals surface area contributed by atoms with Gasteiger partial charge in [-0.25, -0.2) is 4.98 Å². The van der Waals surface area contributed by atoms with Crippen LogP contribution in [0.1, 0.15) is 31.3 Å². The highest BCUT2D eigenvalue weighted by Crippen LogP contribution is 2.24. The lowest BCUT2D eigenvalue weighted by atomic mass is 10.1. The summed E-state index contributed by atoms with van der Waals surface area (Å²) in [6.07, 6.45) is 0.677. The Balaban J connectivity index is 2.04. The van der Waals surface area contributed by atoms with E-state index < -0.39 is 0 Å². The predicted molar refractivity (Wildman–Crippen MR) is 90.9 cm³/mol. The number of aromatic nitrogens is 2. The lowest BCUT2D eigenvalue weighted by Crippen LogP contribution is -2.16. The number of ketones is 1. The van der Waals surface area contributed by atoms with E-state index in [2.05, 4.69) is 0 Å². The second-order valence-corrected chi connectivity index (χ2v) is 5.70. The van der Waals surface area contributed by atoms with Crippen LogP contribution >= 0.6 is 0 Å². The van der Waals surface area contributed by atoms with Crippen LogP contribution in [0.2, 0.25) is 0 Å². The third-order valence-corrected chi connectivity index (χ3v) is 4.17. The second kappa shape index (κ2) is 6.24. The molecule has 3 rings (SSSR count). The third-order valence-electron chi connectivity index (χ3n) is 4.17. The fourth-order valence-corrected chi connectivity index (χ4v) is 2.76. The van der Waals surface area contributed by atoms with Gasteiger partial charge in [0.05, 0.1) is 24.2 Å². The van der Waals surface area contributed by atoms with Crippen molar-refractivity contribution in [1.29, 1.82) is 0 Å². The van der Waals surface area contributed by atoms with Gasteiger partial charge in [-0.05, 0) is 43.7 Å². The lowest BCUT2D eigenvalue weighted by Gasteiger charge is -2.15. The molecule has 1 aromatic heterocycles. The van der Waals surface area contributed by atoms with Gasteiger partial charge in [-0.1, -0.05) is 24.3 Å². The van der Waals surface area contributed by atoms with E-state index in [1.165, 1.54) is 0 Å². The van der Waals surface area contributed by atoms with E-state index in [9.17, 15) is 4.79 Å². The monoisotopic (exact) mass is 308 g/mol. The summed E-state index contributed by atoms with van der Waals surface area (Å²) in [4.78, 5) is 16.6. The fraction of sp³-hybridized carbons (Fsp3) is 0.263. The van der Waals surface area contributed by atoms with Gasteiger partial charge in [0.25, 0.3) is 0 Å². The van der Waals surface area contributed by atoms with E-state index in [4.69, 9.17) is 9.72 Å². The first-order valence-corrected chi connectivity index (χ1v) is 7.69. The molecule has 0 spiro atoms. The largest absolute Gasteiger partial charge is 0.497 e. The molecule has 118 valence electrons. The summed E-state index contributed by atoms with van der Waals surface area (Å²) in [7, 11) is 1.66. The van der Waals surface area contributed by atoms with Gasteiger partial charge in [-0.15, -0.1) is 0 Å². The molecule has 0 aliphatic heterocycles. The Morgan fingerprint density at radius 2 is 1.87 bits per heavy atom. The maximum atomic E-state index is 11.9. The zero-order valence-electron chi connectivity index (χ0n) is 13.6. The summed E-state index contributed by atoms with van der Waals surface area (Å²) >= 11 is 0. The van der Waals surface area contributed by atoms with Crippen molar-refractivity contribution in [2.24, 2.45) is 0 Å². The second-order valence-electron chi connectivity index (χ2n) is 5.70. The summed E-state index contributed by atoms with van der Waals surface area (Å²) in [6, 6.07) is 15.7. The van der Waals surface area contributed by atoms with Crippen molar-refractivity contribution in [3.8, 4) is 5.75 Å². The Morgan fingerprint density at radius 1 is 1.17 bits per heavy atom. The average molecular weight is 308 g/mol. The molecule has 1 heterocycles. The van der Waals surface area contributed by atoms with E-state index in [0.717, 1.165) is 28.2 Å². The standard InChI is InChI=1S/C19H20N2O2/c1-13(14(2)22)21-18-7-5-4-6-17(18)20-19(21)12-15-8-10-16(23-3)11-9-15/h4-11,13H,12H2,1-3H3. The number of fused-ring (bicyclic) bond motifs is 1. The van der Waals surface area contributed by atoms with Crippen LogP contribution in [0.5, 0.6) is 5.75 Å². The van der Waals surface area contributed by atoms with Crippen molar-refractivity contribution >= 4 is 16.8 Å². The average Bonchev–Trinajstić information content (AvgIpc) is 2.92. The molecule has 0 saturated heterocycles. The minimum atomic E-state index is -0.226. The first kappa shape index (κ1) is 15.3. The number of imidazole rings is 1. The van der Waals surface area contributed by atoms with Crippen LogP contribution < -0.4 is 4.74 Å². The van der Waals surface area contributed by atoms with E-state index in [1.54, 1.807) is 14.0 Å². The molecule has 0 amide bonds. The van der Waals surface area contributed by atoms with Gasteiger partial charge in [0, 0.05) is 6.42 Å². The van der Waals surface area contributed by atoms with E-state index >= 15 is 0 Å². The SMILES string of the molecule is COc1ccc(Cc2nc3ccccc3n2C(C)C(C)=O)cc1. The van der Waals surface area contributed by atoms with Gasteiger partial charge < -0.3 is 9.30 Å². The zero-order valence-corrected chi connectivity index (χ0v) is 13.6. The molecule has 0 aliphatic carbocycles. The molecule has 1 atom stereocenters. The zero-order chi connectivity index (χ0) is 16.4. The molecule has 0 radical (unpaired) electrons. The van der Waals surface area contributed by atoms with Crippen molar-refractivity contribution < 1.29 is 9.53 Å². The molecule has 0 fully saturated rings. The van der Waals surface area contributed by atoms with Crippen LogP contribution in [0, 0.1) is 0 Å². The first-order valence-electron chi connectivity index (χ1n) is 7.69. The molecule has 0 N–H and O–H groups in total. The van der Waals surface area contributed by atoms with Crippen LogP contribution in [0.25, 0.3) is 11.0 Å². The fourth-order valence-electron chi connectivity index (χ4n) is 2.76. The quantitative estimate of drug-likeness (QED) is 0.720. The number of benzene rings is 2. The predicted octanol–water partition coefficient (Wildman–Crippen LogP) is 3.79. The molecule has 23 heavy (non-hydrogen) atoms. The maximum absolute atomic E-state index is 11.9. The molecular weight excluding hydrogens is 288 g/mol. The number of hydrogen-bond acceptors (Lipinski definition) is 3. The number of ether oxygens (including phenoxy) is 1.